The minimum absolute atomic E-state index is 0.0462. The second-order valence-electron chi connectivity index (χ2n) is 4.17. The van der Waals surface area contributed by atoms with Gasteiger partial charge < -0.3 is 5.32 Å². The van der Waals surface area contributed by atoms with E-state index in [1.54, 1.807) is 0 Å². The molecule has 0 fully saturated rings. The van der Waals surface area contributed by atoms with Gasteiger partial charge in [0.25, 0.3) is 0 Å². The molecule has 1 N–H and O–H groups in total. The van der Waals surface area contributed by atoms with Gasteiger partial charge in [0.1, 0.15) is 5.82 Å². The fraction of sp³-hybridized carbons (Fsp3) is 0.143. The minimum atomic E-state index is -4.44. The number of alkyl halides is 3. The van der Waals surface area contributed by atoms with Crippen molar-refractivity contribution >= 4 is 17.3 Å². The fourth-order valence-electron chi connectivity index (χ4n) is 1.79. The van der Waals surface area contributed by atoms with E-state index in [-0.39, 0.29) is 17.3 Å². The predicted octanol–water partition coefficient (Wildman–Crippen LogP) is 5.11. The summed E-state index contributed by atoms with van der Waals surface area (Å²) in [4.78, 5) is 0. The molecule has 0 aliphatic carbocycles. The number of nitrogens with one attached hydrogen (secondary N) is 1. The van der Waals surface area contributed by atoms with Crippen LogP contribution in [0.4, 0.5) is 23.2 Å². The number of hydrogen-bond donors (Lipinski definition) is 1. The normalized spacial score (nSPS) is 11.4. The van der Waals surface area contributed by atoms with Crippen LogP contribution in [0.2, 0.25) is 5.02 Å². The second kappa shape index (κ2) is 5.71. The molecule has 0 unspecified atom stereocenters. The van der Waals surface area contributed by atoms with Crippen LogP contribution in [0.25, 0.3) is 0 Å². The standard InChI is InChI=1S/C14H10ClF4N/c15-10-5-9(6-11(16)7-10)8-20-13-4-2-1-3-12(13)14(17,18)19/h1-7,20H,8H2. The molecule has 0 saturated heterocycles. The minimum Gasteiger partial charge on any atom is -0.380 e. The summed E-state index contributed by atoms with van der Waals surface area (Å²) in [6.45, 7) is 0.0462. The van der Waals surface area contributed by atoms with Crippen LogP contribution in [-0.2, 0) is 12.7 Å². The van der Waals surface area contributed by atoms with E-state index in [1.165, 1.54) is 30.3 Å². The maximum atomic E-state index is 13.1. The zero-order chi connectivity index (χ0) is 14.8. The van der Waals surface area contributed by atoms with Gasteiger partial charge in [-0.25, -0.2) is 4.39 Å². The molecule has 6 heteroatoms. The average molecular weight is 304 g/mol. The van der Waals surface area contributed by atoms with Crippen molar-refractivity contribution in [2.45, 2.75) is 12.7 Å². The lowest BCUT2D eigenvalue weighted by Crippen LogP contribution is -2.10. The molecule has 2 rings (SSSR count). The van der Waals surface area contributed by atoms with Crippen LogP contribution in [0.1, 0.15) is 11.1 Å². The Morgan fingerprint density at radius 1 is 1.05 bits per heavy atom. The molecule has 0 bridgehead atoms. The van der Waals surface area contributed by atoms with Crippen molar-refractivity contribution in [1.82, 2.24) is 0 Å². The lowest BCUT2D eigenvalue weighted by Gasteiger charge is -2.14. The topological polar surface area (TPSA) is 12.0 Å². The number of benzene rings is 2. The van der Waals surface area contributed by atoms with Crippen molar-refractivity contribution in [2.24, 2.45) is 0 Å². The van der Waals surface area contributed by atoms with Crippen molar-refractivity contribution in [2.75, 3.05) is 5.32 Å². The van der Waals surface area contributed by atoms with Crippen LogP contribution < -0.4 is 5.32 Å². The van der Waals surface area contributed by atoms with Gasteiger partial charge in [0.05, 0.1) is 5.56 Å². The van der Waals surface area contributed by atoms with Crippen LogP contribution in [0.5, 0.6) is 0 Å². The van der Waals surface area contributed by atoms with Crippen molar-refractivity contribution < 1.29 is 17.6 Å². The van der Waals surface area contributed by atoms with Gasteiger partial charge in [0.15, 0.2) is 0 Å². The highest BCUT2D eigenvalue weighted by Crippen LogP contribution is 2.34. The van der Waals surface area contributed by atoms with Gasteiger partial charge in [-0.05, 0) is 35.9 Å². The molecule has 0 aliphatic rings. The molecule has 1 nitrogen and oxygen atoms in total. The summed E-state index contributed by atoms with van der Waals surface area (Å²) >= 11 is 5.69. The van der Waals surface area contributed by atoms with Gasteiger partial charge in [0.2, 0.25) is 0 Å². The van der Waals surface area contributed by atoms with E-state index in [0.717, 1.165) is 12.1 Å². The number of para-hydroxylation sites is 1. The highest BCUT2D eigenvalue weighted by Gasteiger charge is 2.32. The van der Waals surface area contributed by atoms with Crippen LogP contribution in [0.3, 0.4) is 0 Å². The summed E-state index contributed by atoms with van der Waals surface area (Å²) in [6, 6.07) is 8.96. The van der Waals surface area contributed by atoms with E-state index in [9.17, 15) is 17.6 Å². The van der Waals surface area contributed by atoms with E-state index in [2.05, 4.69) is 5.32 Å². The van der Waals surface area contributed by atoms with E-state index in [0.29, 0.717) is 5.56 Å². The van der Waals surface area contributed by atoms with Crippen LogP contribution in [-0.4, -0.2) is 0 Å². The van der Waals surface area contributed by atoms with E-state index in [1.807, 2.05) is 0 Å². The third kappa shape index (κ3) is 3.63. The largest absolute Gasteiger partial charge is 0.418 e. The number of halogens is 5. The Balaban J connectivity index is 2.19. The molecule has 0 aromatic heterocycles. The molecule has 106 valence electrons. The number of rotatable bonds is 3. The molecule has 0 spiro atoms. The first-order valence-corrected chi connectivity index (χ1v) is 6.09. The molecular formula is C14H10ClF4N. The second-order valence-corrected chi connectivity index (χ2v) is 4.61. The van der Waals surface area contributed by atoms with Crippen LogP contribution in [0, 0.1) is 5.82 Å². The van der Waals surface area contributed by atoms with Crippen molar-refractivity contribution in [1.29, 1.82) is 0 Å². The van der Waals surface area contributed by atoms with Gasteiger partial charge >= 0.3 is 6.18 Å². The molecule has 2 aromatic carbocycles. The van der Waals surface area contributed by atoms with E-state index < -0.39 is 17.6 Å². The van der Waals surface area contributed by atoms with Crippen LogP contribution in [0.15, 0.2) is 42.5 Å². The Morgan fingerprint density at radius 2 is 1.75 bits per heavy atom. The zero-order valence-corrected chi connectivity index (χ0v) is 10.9. The Labute approximate surface area is 118 Å². The first-order chi connectivity index (χ1) is 9.36. The highest BCUT2D eigenvalue weighted by molar-refractivity contribution is 6.30. The van der Waals surface area contributed by atoms with Crippen molar-refractivity contribution in [3.05, 3.63) is 64.4 Å². The molecule has 0 heterocycles. The number of hydrogen-bond acceptors (Lipinski definition) is 1. The summed E-state index contributed by atoms with van der Waals surface area (Å²) in [5.74, 6) is -0.529. The molecule has 0 radical (unpaired) electrons. The smallest absolute Gasteiger partial charge is 0.380 e. The summed E-state index contributed by atoms with van der Waals surface area (Å²) in [7, 11) is 0. The predicted molar refractivity (Wildman–Crippen MR) is 70.2 cm³/mol. The third-order valence-corrected chi connectivity index (χ3v) is 2.86. The maximum Gasteiger partial charge on any atom is 0.418 e. The molecular weight excluding hydrogens is 294 g/mol. The Kier molecular flexibility index (Phi) is 4.18. The monoisotopic (exact) mass is 303 g/mol. The molecule has 20 heavy (non-hydrogen) atoms. The Hall–Kier alpha value is -1.75. The Morgan fingerprint density at radius 3 is 2.40 bits per heavy atom. The molecule has 0 amide bonds. The molecule has 0 saturated carbocycles. The number of anilines is 1. The summed E-state index contributed by atoms with van der Waals surface area (Å²) in [5.41, 5.74) is -0.352. The fourth-order valence-corrected chi connectivity index (χ4v) is 2.04. The molecule has 0 atom stereocenters. The lowest BCUT2D eigenvalue weighted by atomic mass is 10.1. The van der Waals surface area contributed by atoms with Crippen molar-refractivity contribution in [3.63, 3.8) is 0 Å². The quantitative estimate of drug-likeness (QED) is 0.777. The summed E-state index contributed by atoms with van der Waals surface area (Å²) in [6.07, 6.45) is -4.44. The lowest BCUT2D eigenvalue weighted by molar-refractivity contribution is -0.136. The van der Waals surface area contributed by atoms with Gasteiger partial charge in [-0.3, -0.25) is 0 Å². The van der Waals surface area contributed by atoms with Gasteiger partial charge in [-0.2, -0.15) is 13.2 Å². The SMILES string of the molecule is Fc1cc(Cl)cc(CNc2ccccc2C(F)(F)F)c1. The van der Waals surface area contributed by atoms with Gasteiger partial charge in [0, 0.05) is 17.3 Å². The average Bonchev–Trinajstić information content (AvgIpc) is 2.34. The first-order valence-electron chi connectivity index (χ1n) is 5.71. The van der Waals surface area contributed by atoms with Gasteiger partial charge in [-0.15, -0.1) is 0 Å². The molecule has 2 aromatic rings. The van der Waals surface area contributed by atoms with Crippen molar-refractivity contribution in [3.8, 4) is 0 Å². The first kappa shape index (κ1) is 14.7. The maximum absolute atomic E-state index is 13.1. The zero-order valence-electron chi connectivity index (χ0n) is 10.1. The third-order valence-electron chi connectivity index (χ3n) is 2.64. The van der Waals surface area contributed by atoms with E-state index in [4.69, 9.17) is 11.6 Å². The Bertz CT molecular complexity index is 590. The molecule has 0 aliphatic heterocycles. The van der Waals surface area contributed by atoms with Crippen LogP contribution >= 0.6 is 11.6 Å². The highest BCUT2D eigenvalue weighted by atomic mass is 35.5. The van der Waals surface area contributed by atoms with E-state index >= 15 is 0 Å². The van der Waals surface area contributed by atoms with Gasteiger partial charge in [-0.1, -0.05) is 23.7 Å². The summed E-state index contributed by atoms with van der Waals surface area (Å²) < 4.78 is 51.5. The summed E-state index contributed by atoms with van der Waals surface area (Å²) in [5, 5.41) is 2.85.